The molecule has 0 saturated carbocycles. The number of amides is 2. The summed E-state index contributed by atoms with van der Waals surface area (Å²) in [6.07, 6.45) is -0.131. The van der Waals surface area contributed by atoms with Gasteiger partial charge < -0.3 is 15.0 Å². The topological polar surface area (TPSA) is 58.6 Å². The zero-order valence-corrected chi connectivity index (χ0v) is 14.9. The summed E-state index contributed by atoms with van der Waals surface area (Å²) in [5, 5.41) is 2.18. The summed E-state index contributed by atoms with van der Waals surface area (Å²) in [6.45, 7) is 1.74. The molecule has 2 rings (SSSR count). The fourth-order valence-corrected chi connectivity index (χ4v) is 2.37. The van der Waals surface area contributed by atoms with Gasteiger partial charge in [0.1, 0.15) is 5.75 Å². The molecule has 5 nitrogen and oxygen atoms in total. The molecule has 0 heterocycles. The molecule has 0 aliphatic heterocycles. The Hall–Kier alpha value is -3.03. The van der Waals surface area contributed by atoms with Crippen molar-refractivity contribution in [2.45, 2.75) is 19.9 Å². The summed E-state index contributed by atoms with van der Waals surface area (Å²) in [6, 6.07) is 8.76. The summed E-state index contributed by atoms with van der Waals surface area (Å²) < 4.78 is 44.8. The van der Waals surface area contributed by atoms with E-state index in [1.807, 2.05) is 0 Å². The lowest BCUT2D eigenvalue weighted by Crippen LogP contribution is -2.31. The van der Waals surface area contributed by atoms with Crippen molar-refractivity contribution >= 4 is 17.5 Å². The highest BCUT2D eigenvalue weighted by molar-refractivity contribution is 5.91. The highest BCUT2D eigenvalue weighted by atomic mass is 19.2. The Morgan fingerprint density at radius 1 is 1.04 bits per heavy atom. The maximum atomic E-state index is 13.6. The average Bonchev–Trinajstić information content (AvgIpc) is 2.65. The van der Waals surface area contributed by atoms with Crippen LogP contribution < -0.4 is 10.1 Å². The van der Waals surface area contributed by atoms with E-state index in [0.717, 1.165) is 17.7 Å². The maximum absolute atomic E-state index is 13.6. The van der Waals surface area contributed by atoms with E-state index in [2.05, 4.69) is 5.32 Å². The van der Waals surface area contributed by atoms with Crippen molar-refractivity contribution in [3.05, 3.63) is 59.4 Å². The standard InChI is InChI=1S/C19H19F3N2O3/c1-12(25)24(11-13-3-5-14(27-2)6-4-13)10-9-17(26)23-16-8-7-15(20)18(21)19(16)22/h3-8H,9-11H2,1-2H3,(H,23,26). The van der Waals surface area contributed by atoms with Crippen molar-refractivity contribution in [3.63, 3.8) is 0 Å². The second-order valence-corrected chi connectivity index (χ2v) is 5.81. The van der Waals surface area contributed by atoms with E-state index in [1.54, 1.807) is 31.4 Å². The van der Waals surface area contributed by atoms with Crippen LogP contribution in [-0.2, 0) is 16.1 Å². The number of hydrogen-bond donors (Lipinski definition) is 1. The van der Waals surface area contributed by atoms with E-state index in [1.165, 1.54) is 11.8 Å². The first-order valence-electron chi connectivity index (χ1n) is 8.13. The van der Waals surface area contributed by atoms with Gasteiger partial charge in [0, 0.05) is 26.4 Å². The number of anilines is 1. The molecule has 0 fully saturated rings. The van der Waals surface area contributed by atoms with Gasteiger partial charge in [-0.25, -0.2) is 13.2 Å². The summed E-state index contributed by atoms with van der Waals surface area (Å²) in [4.78, 5) is 25.2. The summed E-state index contributed by atoms with van der Waals surface area (Å²) in [7, 11) is 1.55. The minimum absolute atomic E-state index is 0.0818. The third-order valence-corrected chi connectivity index (χ3v) is 3.90. The molecule has 0 aliphatic rings. The van der Waals surface area contributed by atoms with Crippen LogP contribution in [0.4, 0.5) is 18.9 Å². The first kappa shape index (κ1) is 20.3. The Morgan fingerprint density at radius 2 is 1.70 bits per heavy atom. The zero-order chi connectivity index (χ0) is 20.0. The van der Waals surface area contributed by atoms with Crippen molar-refractivity contribution in [1.29, 1.82) is 0 Å². The molecule has 0 radical (unpaired) electrons. The van der Waals surface area contributed by atoms with Gasteiger partial charge in [-0.2, -0.15) is 0 Å². The second kappa shape index (κ2) is 9.07. The van der Waals surface area contributed by atoms with Crippen LogP contribution in [0.25, 0.3) is 0 Å². The summed E-state index contributed by atoms with van der Waals surface area (Å²) >= 11 is 0. The molecule has 0 saturated heterocycles. The molecule has 0 bridgehead atoms. The van der Waals surface area contributed by atoms with Crippen LogP contribution in [-0.4, -0.2) is 30.4 Å². The fraction of sp³-hybridized carbons (Fsp3) is 0.263. The molecule has 0 atom stereocenters. The van der Waals surface area contributed by atoms with E-state index >= 15 is 0 Å². The molecular formula is C19H19F3N2O3. The van der Waals surface area contributed by atoms with Crippen LogP contribution >= 0.6 is 0 Å². The van der Waals surface area contributed by atoms with Gasteiger partial charge in [-0.1, -0.05) is 12.1 Å². The zero-order valence-electron chi connectivity index (χ0n) is 14.9. The number of ether oxygens (including phenoxy) is 1. The number of halogens is 3. The molecule has 144 valence electrons. The van der Waals surface area contributed by atoms with Gasteiger partial charge in [-0.3, -0.25) is 9.59 Å². The van der Waals surface area contributed by atoms with E-state index in [-0.39, 0.29) is 25.4 Å². The number of carbonyl (C=O) groups is 2. The predicted octanol–water partition coefficient (Wildman–Crippen LogP) is 3.49. The molecular weight excluding hydrogens is 361 g/mol. The third kappa shape index (κ3) is 5.47. The number of nitrogens with one attached hydrogen (secondary N) is 1. The van der Waals surface area contributed by atoms with Gasteiger partial charge in [0.15, 0.2) is 17.5 Å². The Kier molecular flexibility index (Phi) is 6.81. The van der Waals surface area contributed by atoms with Crippen molar-refractivity contribution in [3.8, 4) is 5.75 Å². The number of rotatable bonds is 7. The van der Waals surface area contributed by atoms with Crippen molar-refractivity contribution in [2.75, 3.05) is 19.0 Å². The molecule has 2 aromatic carbocycles. The average molecular weight is 380 g/mol. The monoisotopic (exact) mass is 380 g/mol. The van der Waals surface area contributed by atoms with Crippen LogP contribution in [0.1, 0.15) is 18.9 Å². The Labute approximate surface area is 154 Å². The van der Waals surface area contributed by atoms with E-state index in [9.17, 15) is 22.8 Å². The number of nitrogens with zero attached hydrogens (tertiary/aromatic N) is 1. The van der Waals surface area contributed by atoms with Gasteiger partial charge >= 0.3 is 0 Å². The minimum Gasteiger partial charge on any atom is -0.497 e. The Balaban J connectivity index is 1.95. The van der Waals surface area contributed by atoms with Crippen molar-refractivity contribution in [1.82, 2.24) is 4.90 Å². The highest BCUT2D eigenvalue weighted by Crippen LogP contribution is 2.20. The summed E-state index contributed by atoms with van der Waals surface area (Å²) in [5.41, 5.74) is 0.390. The number of hydrogen-bond acceptors (Lipinski definition) is 3. The van der Waals surface area contributed by atoms with Crippen molar-refractivity contribution in [2.24, 2.45) is 0 Å². The molecule has 2 aromatic rings. The molecule has 1 N–H and O–H groups in total. The molecule has 0 aliphatic carbocycles. The number of methoxy groups -OCH3 is 1. The van der Waals surface area contributed by atoms with Crippen LogP contribution in [0.2, 0.25) is 0 Å². The number of benzene rings is 2. The normalized spacial score (nSPS) is 10.4. The predicted molar refractivity (Wildman–Crippen MR) is 93.6 cm³/mol. The summed E-state index contributed by atoms with van der Waals surface area (Å²) in [5.74, 6) is -4.64. The second-order valence-electron chi connectivity index (χ2n) is 5.81. The highest BCUT2D eigenvalue weighted by Gasteiger charge is 2.16. The minimum atomic E-state index is -1.65. The molecule has 0 spiro atoms. The Morgan fingerprint density at radius 3 is 2.30 bits per heavy atom. The van der Waals surface area contributed by atoms with Gasteiger partial charge in [0.25, 0.3) is 0 Å². The van der Waals surface area contributed by atoms with Gasteiger partial charge in [0.2, 0.25) is 11.8 Å². The molecule has 8 heteroatoms. The van der Waals surface area contributed by atoms with Crippen LogP contribution in [0.15, 0.2) is 36.4 Å². The first-order chi connectivity index (χ1) is 12.8. The van der Waals surface area contributed by atoms with Gasteiger partial charge in [0.05, 0.1) is 12.8 Å². The SMILES string of the molecule is COc1ccc(CN(CCC(=O)Nc2ccc(F)c(F)c2F)C(C)=O)cc1. The van der Waals surface area contributed by atoms with Gasteiger partial charge in [-0.05, 0) is 29.8 Å². The van der Waals surface area contributed by atoms with Crippen LogP contribution in [0.3, 0.4) is 0 Å². The van der Waals surface area contributed by atoms with Crippen LogP contribution in [0.5, 0.6) is 5.75 Å². The van der Waals surface area contributed by atoms with E-state index in [0.29, 0.717) is 5.75 Å². The molecule has 27 heavy (non-hydrogen) atoms. The smallest absolute Gasteiger partial charge is 0.226 e. The fourth-order valence-electron chi connectivity index (χ4n) is 2.37. The molecule has 0 unspecified atom stereocenters. The maximum Gasteiger partial charge on any atom is 0.226 e. The quantitative estimate of drug-likeness (QED) is 0.748. The van der Waals surface area contributed by atoms with E-state index < -0.39 is 29.0 Å². The molecule has 0 aromatic heterocycles. The van der Waals surface area contributed by atoms with Crippen molar-refractivity contribution < 1.29 is 27.5 Å². The lowest BCUT2D eigenvalue weighted by Gasteiger charge is -2.21. The van der Waals surface area contributed by atoms with Gasteiger partial charge in [-0.15, -0.1) is 0 Å². The first-order valence-corrected chi connectivity index (χ1v) is 8.13. The lowest BCUT2D eigenvalue weighted by molar-refractivity contribution is -0.129. The Bertz CT molecular complexity index is 826. The third-order valence-electron chi connectivity index (χ3n) is 3.90. The largest absolute Gasteiger partial charge is 0.497 e. The van der Waals surface area contributed by atoms with Crippen LogP contribution in [0, 0.1) is 17.5 Å². The number of carbonyl (C=O) groups excluding carboxylic acids is 2. The lowest BCUT2D eigenvalue weighted by atomic mass is 10.2. The van der Waals surface area contributed by atoms with E-state index in [4.69, 9.17) is 4.74 Å². The molecule has 2 amide bonds.